The van der Waals surface area contributed by atoms with Crippen molar-refractivity contribution in [1.29, 1.82) is 0 Å². The molecule has 4 N–H and O–H groups in total. The van der Waals surface area contributed by atoms with E-state index in [2.05, 4.69) is 44.1 Å². The number of rotatable bonds is 2. The van der Waals surface area contributed by atoms with Crippen LogP contribution in [0.25, 0.3) is 20.9 Å². The number of aromatic nitrogens is 4. The lowest BCUT2D eigenvalue weighted by molar-refractivity contribution is 0.706. The molecule has 0 fully saturated rings. The Kier molecular flexibility index (Phi) is 4.09. The summed E-state index contributed by atoms with van der Waals surface area (Å²) in [5.41, 5.74) is 17.9. The van der Waals surface area contributed by atoms with Gasteiger partial charge in [-0.2, -0.15) is 15.0 Å². The Morgan fingerprint density at radius 2 is 1.79 bits per heavy atom. The van der Waals surface area contributed by atoms with Gasteiger partial charge in [-0.3, -0.25) is 0 Å². The van der Waals surface area contributed by atoms with Gasteiger partial charge in [0.15, 0.2) is 5.82 Å². The summed E-state index contributed by atoms with van der Waals surface area (Å²) in [4.78, 5) is 22.0. The first-order valence-corrected chi connectivity index (χ1v) is 10.3. The molecule has 1 aliphatic rings. The van der Waals surface area contributed by atoms with Gasteiger partial charge in [0, 0.05) is 24.2 Å². The van der Waals surface area contributed by atoms with E-state index in [-0.39, 0.29) is 5.95 Å². The number of nitrogens with zero attached hydrogens (tertiary/aromatic N) is 5. The number of hydrogen-bond acceptors (Lipinski definition) is 8. The molecule has 0 bridgehead atoms. The molecule has 4 aromatic rings. The van der Waals surface area contributed by atoms with E-state index in [1.54, 1.807) is 0 Å². The number of hydrogen-bond donors (Lipinski definition) is 2. The minimum atomic E-state index is 0.196. The predicted molar refractivity (Wildman–Crippen MR) is 118 cm³/mol. The highest BCUT2D eigenvalue weighted by Gasteiger charge is 2.22. The molecule has 0 saturated heterocycles. The molecule has 0 radical (unpaired) electrons. The Morgan fingerprint density at radius 1 is 1.00 bits per heavy atom. The summed E-state index contributed by atoms with van der Waals surface area (Å²) in [6.45, 7) is 5.61. The fraction of sp³-hybridized carbons (Fsp3) is 0.238. The van der Waals surface area contributed by atoms with E-state index in [4.69, 9.17) is 16.5 Å². The average molecular weight is 404 g/mol. The number of nitrogen functional groups attached to an aromatic ring is 2. The van der Waals surface area contributed by atoms with E-state index in [1.807, 2.05) is 19.9 Å². The quantitative estimate of drug-likeness (QED) is 0.527. The Balaban J connectivity index is 1.58. The molecule has 0 spiro atoms. The molecule has 0 aliphatic carbocycles. The third-order valence-corrected chi connectivity index (χ3v) is 6.38. The zero-order chi connectivity index (χ0) is 20.1. The van der Waals surface area contributed by atoms with E-state index in [1.165, 1.54) is 22.5 Å². The maximum atomic E-state index is 6.48. The molecule has 3 aromatic heterocycles. The van der Waals surface area contributed by atoms with Gasteiger partial charge in [-0.05, 0) is 43.0 Å². The molecule has 1 aliphatic heterocycles. The third-order valence-electron chi connectivity index (χ3n) is 5.28. The van der Waals surface area contributed by atoms with Crippen molar-refractivity contribution in [2.24, 2.45) is 0 Å². The molecule has 29 heavy (non-hydrogen) atoms. The largest absolute Gasteiger partial charge is 0.397 e. The Hall–Kier alpha value is -3.26. The van der Waals surface area contributed by atoms with Gasteiger partial charge in [0.2, 0.25) is 11.9 Å². The van der Waals surface area contributed by atoms with Crippen molar-refractivity contribution in [1.82, 2.24) is 19.9 Å². The van der Waals surface area contributed by atoms with Gasteiger partial charge in [0.25, 0.3) is 0 Å². The number of anilines is 3. The summed E-state index contributed by atoms with van der Waals surface area (Å²) in [5.74, 6) is 1.28. The van der Waals surface area contributed by atoms with Crippen molar-refractivity contribution in [3.63, 3.8) is 0 Å². The lowest BCUT2D eigenvalue weighted by Crippen LogP contribution is -2.32. The fourth-order valence-corrected chi connectivity index (χ4v) is 5.08. The van der Waals surface area contributed by atoms with E-state index in [0.29, 0.717) is 17.5 Å². The van der Waals surface area contributed by atoms with Crippen molar-refractivity contribution in [2.45, 2.75) is 26.8 Å². The number of pyridine rings is 1. The van der Waals surface area contributed by atoms with Gasteiger partial charge in [-0.25, -0.2) is 4.98 Å². The van der Waals surface area contributed by atoms with Crippen LogP contribution in [-0.4, -0.2) is 26.5 Å². The van der Waals surface area contributed by atoms with Gasteiger partial charge >= 0.3 is 0 Å². The molecule has 5 rings (SSSR count). The Bertz CT molecular complexity index is 1250. The highest BCUT2D eigenvalue weighted by molar-refractivity contribution is 7.22. The van der Waals surface area contributed by atoms with Gasteiger partial charge in [0.05, 0.1) is 10.6 Å². The number of thiophene rings is 1. The molecular formula is C21H21N7S. The zero-order valence-corrected chi connectivity index (χ0v) is 17.1. The minimum absolute atomic E-state index is 0.196. The summed E-state index contributed by atoms with van der Waals surface area (Å²) < 4.78 is 0. The van der Waals surface area contributed by atoms with Crippen LogP contribution < -0.4 is 16.4 Å². The van der Waals surface area contributed by atoms with E-state index >= 15 is 0 Å². The second-order valence-electron chi connectivity index (χ2n) is 7.36. The molecule has 7 nitrogen and oxygen atoms in total. The second kappa shape index (κ2) is 6.66. The average Bonchev–Trinajstić information content (AvgIpc) is 3.03. The summed E-state index contributed by atoms with van der Waals surface area (Å²) in [5, 5.41) is 0.961. The van der Waals surface area contributed by atoms with Gasteiger partial charge in [-0.15, -0.1) is 11.3 Å². The van der Waals surface area contributed by atoms with Crippen molar-refractivity contribution < 1.29 is 0 Å². The van der Waals surface area contributed by atoms with E-state index in [0.717, 1.165) is 45.9 Å². The number of aryl methyl sites for hydroxylation is 2. The van der Waals surface area contributed by atoms with Crippen molar-refractivity contribution in [2.75, 3.05) is 22.9 Å². The third kappa shape index (κ3) is 3.05. The van der Waals surface area contributed by atoms with Crippen LogP contribution in [0.15, 0.2) is 30.3 Å². The first kappa shape index (κ1) is 17.8. The predicted octanol–water partition coefficient (Wildman–Crippen LogP) is 3.49. The lowest BCUT2D eigenvalue weighted by Gasteiger charge is -2.28. The number of nitrogens with two attached hydrogens (primary N) is 2. The van der Waals surface area contributed by atoms with Gasteiger partial charge in [-0.1, -0.05) is 24.3 Å². The standard InChI is InChI=1S/C21H21N7S/c1-11-9-12(2)24-19-15(11)16(22)17(29-19)18-25-20(23)27-21(26-18)28-8-7-13-5-3-4-6-14(13)10-28/h3-6,9H,7-8,10,22H2,1-2H3,(H2,23,25,26,27). The smallest absolute Gasteiger partial charge is 0.231 e. The molecule has 0 unspecified atom stereocenters. The van der Waals surface area contributed by atoms with Crippen LogP contribution in [0.1, 0.15) is 22.4 Å². The van der Waals surface area contributed by atoms with Crippen LogP contribution in [0.3, 0.4) is 0 Å². The van der Waals surface area contributed by atoms with Crippen LogP contribution in [0.2, 0.25) is 0 Å². The first-order chi connectivity index (χ1) is 14.0. The summed E-state index contributed by atoms with van der Waals surface area (Å²) in [7, 11) is 0. The molecular weight excluding hydrogens is 382 g/mol. The van der Waals surface area contributed by atoms with Gasteiger partial charge in [0.1, 0.15) is 4.83 Å². The first-order valence-electron chi connectivity index (χ1n) is 9.49. The number of fused-ring (bicyclic) bond motifs is 2. The lowest BCUT2D eigenvalue weighted by atomic mass is 10.0. The van der Waals surface area contributed by atoms with Crippen molar-refractivity contribution >= 4 is 39.1 Å². The molecule has 146 valence electrons. The maximum Gasteiger partial charge on any atom is 0.231 e. The van der Waals surface area contributed by atoms with E-state index < -0.39 is 0 Å². The van der Waals surface area contributed by atoms with Crippen molar-refractivity contribution in [3.8, 4) is 10.7 Å². The topological polar surface area (TPSA) is 107 Å². The number of benzene rings is 1. The molecule has 1 aromatic carbocycles. The summed E-state index contributed by atoms with van der Waals surface area (Å²) in [6, 6.07) is 10.5. The van der Waals surface area contributed by atoms with Crippen LogP contribution in [0, 0.1) is 13.8 Å². The Morgan fingerprint density at radius 3 is 2.62 bits per heavy atom. The highest BCUT2D eigenvalue weighted by Crippen LogP contribution is 2.40. The summed E-state index contributed by atoms with van der Waals surface area (Å²) >= 11 is 1.49. The SMILES string of the molecule is Cc1cc(C)c2c(N)c(-c3nc(N)nc(N4CCc5ccccc5C4)n3)sc2n1. The molecule has 0 atom stereocenters. The molecule has 0 saturated carbocycles. The van der Waals surface area contributed by atoms with Crippen molar-refractivity contribution in [3.05, 3.63) is 52.7 Å². The summed E-state index contributed by atoms with van der Waals surface area (Å²) in [6.07, 6.45) is 0.949. The van der Waals surface area contributed by atoms with Gasteiger partial charge < -0.3 is 16.4 Å². The highest BCUT2D eigenvalue weighted by atomic mass is 32.1. The van der Waals surface area contributed by atoms with Crippen LogP contribution >= 0.6 is 11.3 Å². The van der Waals surface area contributed by atoms with Crippen LogP contribution in [0.4, 0.5) is 17.6 Å². The normalized spacial score (nSPS) is 13.7. The maximum absolute atomic E-state index is 6.48. The monoisotopic (exact) mass is 403 g/mol. The second-order valence-corrected chi connectivity index (χ2v) is 8.36. The Labute approximate surface area is 172 Å². The minimum Gasteiger partial charge on any atom is -0.397 e. The molecule has 8 heteroatoms. The molecule has 4 heterocycles. The van der Waals surface area contributed by atoms with E-state index in [9.17, 15) is 0 Å². The fourth-order valence-electron chi connectivity index (χ4n) is 3.93. The molecule has 0 amide bonds. The zero-order valence-electron chi connectivity index (χ0n) is 16.3. The van der Waals surface area contributed by atoms with Crippen LogP contribution in [0.5, 0.6) is 0 Å². The van der Waals surface area contributed by atoms with Crippen LogP contribution in [-0.2, 0) is 13.0 Å².